The van der Waals surface area contributed by atoms with Gasteiger partial charge < -0.3 is 0 Å². The lowest BCUT2D eigenvalue weighted by Gasteiger charge is -2.08. The van der Waals surface area contributed by atoms with Crippen molar-refractivity contribution in [2.75, 3.05) is 0 Å². The summed E-state index contributed by atoms with van der Waals surface area (Å²) in [7, 11) is 3.55. The summed E-state index contributed by atoms with van der Waals surface area (Å²) in [5.41, 5.74) is 1.29. The third kappa shape index (κ3) is 2.65. The molecule has 12 heavy (non-hydrogen) atoms. The Balaban J connectivity index is 2.69. The van der Waals surface area contributed by atoms with Gasteiger partial charge in [-0.2, -0.15) is 0 Å². The van der Waals surface area contributed by atoms with Gasteiger partial charge in [-0.05, 0) is 18.4 Å². The molecule has 0 aliphatic heterocycles. The van der Waals surface area contributed by atoms with E-state index in [-0.39, 0.29) is 5.38 Å². The maximum atomic E-state index is 6.05. The summed E-state index contributed by atoms with van der Waals surface area (Å²) in [6, 6.07) is 8.21. The van der Waals surface area contributed by atoms with Gasteiger partial charge in [0.15, 0.2) is 0 Å². The lowest BCUT2D eigenvalue weighted by molar-refractivity contribution is 0.808. The zero-order chi connectivity index (χ0) is 8.97. The molecule has 1 rings (SSSR count). The summed E-state index contributed by atoms with van der Waals surface area (Å²) in [6.07, 6.45) is 1.96. The second kappa shape index (κ2) is 4.68. The Morgan fingerprint density at radius 3 is 2.67 bits per heavy atom. The Hall–Kier alpha value is -0.273. The fraction of sp³-hybridized carbons (Fsp3) is 0.400. The molecular weight excluding hydrogens is 184 g/mol. The van der Waals surface area contributed by atoms with Gasteiger partial charge in [-0.15, -0.1) is 11.6 Å². The molecule has 2 heteroatoms. The molecule has 0 N–H and O–H groups in total. The first-order valence-corrected chi connectivity index (χ1v) is 5.11. The largest absolute Gasteiger partial charge is 0.123 e. The van der Waals surface area contributed by atoms with Crippen LogP contribution in [0, 0.1) is 0 Å². The van der Waals surface area contributed by atoms with E-state index in [1.165, 1.54) is 5.56 Å². The average Bonchev–Trinajstić information content (AvgIpc) is 2.09. The van der Waals surface area contributed by atoms with E-state index < -0.39 is 0 Å². The first-order valence-electron chi connectivity index (χ1n) is 4.17. The third-order valence-corrected chi connectivity index (χ3v) is 2.85. The highest BCUT2D eigenvalue weighted by Crippen LogP contribution is 2.08. The second-order valence-electron chi connectivity index (χ2n) is 2.87. The fourth-order valence-corrected chi connectivity index (χ4v) is 1.53. The van der Waals surface area contributed by atoms with Gasteiger partial charge in [-0.3, -0.25) is 0 Å². The molecule has 1 unspecified atom stereocenters. The normalized spacial score (nSPS) is 12.9. The number of hydrogen-bond donors (Lipinski definition) is 0. The second-order valence-corrected chi connectivity index (χ2v) is 4.02. The summed E-state index contributed by atoms with van der Waals surface area (Å²) in [5.74, 6) is 0. The van der Waals surface area contributed by atoms with Crippen molar-refractivity contribution in [3.63, 3.8) is 0 Å². The van der Waals surface area contributed by atoms with E-state index in [0.717, 1.165) is 18.0 Å². The summed E-state index contributed by atoms with van der Waals surface area (Å²) in [5, 5.41) is 1.40. The highest BCUT2D eigenvalue weighted by molar-refractivity contribution is 6.33. The SMILES string of the molecule is CCC(Cl)Cc1ccccc1[Si]. The van der Waals surface area contributed by atoms with Crippen LogP contribution >= 0.6 is 11.6 Å². The number of alkyl halides is 1. The molecule has 1 atom stereocenters. The predicted molar refractivity (Wildman–Crippen MR) is 55.5 cm³/mol. The van der Waals surface area contributed by atoms with E-state index in [2.05, 4.69) is 23.2 Å². The molecule has 63 valence electrons. The molecule has 0 saturated carbocycles. The molecule has 1 aromatic rings. The van der Waals surface area contributed by atoms with Crippen LogP contribution in [0.25, 0.3) is 0 Å². The van der Waals surface area contributed by atoms with Crippen LogP contribution in [0.4, 0.5) is 0 Å². The van der Waals surface area contributed by atoms with Gasteiger partial charge in [0.1, 0.15) is 0 Å². The summed E-state index contributed by atoms with van der Waals surface area (Å²) >= 11 is 6.05. The topological polar surface area (TPSA) is 0 Å². The minimum absolute atomic E-state index is 0.252. The van der Waals surface area contributed by atoms with Crippen molar-refractivity contribution >= 4 is 27.0 Å². The molecular formula is C10H12ClSi. The van der Waals surface area contributed by atoms with E-state index in [1.54, 1.807) is 0 Å². The van der Waals surface area contributed by atoms with Crippen molar-refractivity contribution in [2.24, 2.45) is 0 Å². The number of rotatable bonds is 3. The van der Waals surface area contributed by atoms with Crippen LogP contribution in [0.3, 0.4) is 0 Å². The molecule has 0 amide bonds. The summed E-state index contributed by atoms with van der Waals surface area (Å²) < 4.78 is 0. The van der Waals surface area contributed by atoms with Crippen LogP contribution in [0.1, 0.15) is 18.9 Å². The van der Waals surface area contributed by atoms with Crippen molar-refractivity contribution in [1.82, 2.24) is 0 Å². The smallest absolute Gasteiger partial charge is 0.0715 e. The van der Waals surface area contributed by atoms with Crippen molar-refractivity contribution < 1.29 is 0 Å². The van der Waals surface area contributed by atoms with E-state index in [4.69, 9.17) is 11.6 Å². The van der Waals surface area contributed by atoms with E-state index >= 15 is 0 Å². The Morgan fingerprint density at radius 1 is 1.42 bits per heavy atom. The molecule has 1 aromatic carbocycles. The molecule has 0 heterocycles. The monoisotopic (exact) mass is 195 g/mol. The maximum absolute atomic E-state index is 6.05. The van der Waals surface area contributed by atoms with Crippen LogP contribution in [0.15, 0.2) is 24.3 Å². The molecule has 0 nitrogen and oxygen atoms in total. The number of benzene rings is 1. The van der Waals surface area contributed by atoms with Gasteiger partial charge in [-0.25, -0.2) is 0 Å². The lowest BCUT2D eigenvalue weighted by Crippen LogP contribution is -2.13. The van der Waals surface area contributed by atoms with Gasteiger partial charge in [0, 0.05) is 5.38 Å². The Labute approximate surface area is 82.4 Å². The van der Waals surface area contributed by atoms with E-state index in [9.17, 15) is 0 Å². The van der Waals surface area contributed by atoms with Gasteiger partial charge >= 0.3 is 0 Å². The standard InChI is InChI=1S/C10H12ClSi/c1-2-9(11)7-8-5-3-4-6-10(8)12/h3-6,9H,2,7H2,1H3. The quantitative estimate of drug-likeness (QED) is 0.512. The minimum atomic E-state index is 0.252. The minimum Gasteiger partial charge on any atom is -0.123 e. The molecule has 0 aliphatic rings. The van der Waals surface area contributed by atoms with Crippen LogP contribution in [0.5, 0.6) is 0 Å². The Bertz CT molecular complexity index is 247. The van der Waals surface area contributed by atoms with Crippen molar-refractivity contribution in [2.45, 2.75) is 25.1 Å². The van der Waals surface area contributed by atoms with E-state index in [1.807, 2.05) is 18.2 Å². The summed E-state index contributed by atoms with van der Waals surface area (Å²) in [6.45, 7) is 2.11. The number of halogens is 1. The Kier molecular flexibility index (Phi) is 3.83. The third-order valence-electron chi connectivity index (χ3n) is 1.90. The number of hydrogen-bond acceptors (Lipinski definition) is 0. The van der Waals surface area contributed by atoms with Crippen LogP contribution in [-0.4, -0.2) is 15.6 Å². The predicted octanol–water partition coefficient (Wildman–Crippen LogP) is 2.04. The van der Waals surface area contributed by atoms with Crippen LogP contribution < -0.4 is 5.19 Å². The van der Waals surface area contributed by atoms with Crippen LogP contribution in [0.2, 0.25) is 0 Å². The molecule has 3 radical (unpaired) electrons. The van der Waals surface area contributed by atoms with Gasteiger partial charge in [0.05, 0.1) is 10.2 Å². The average molecular weight is 196 g/mol. The molecule has 0 fully saturated rings. The molecule has 0 aromatic heterocycles. The summed E-state index contributed by atoms with van der Waals surface area (Å²) in [4.78, 5) is 0. The first kappa shape index (κ1) is 9.81. The van der Waals surface area contributed by atoms with Crippen molar-refractivity contribution in [3.8, 4) is 0 Å². The zero-order valence-corrected chi connectivity index (χ0v) is 8.93. The van der Waals surface area contributed by atoms with Crippen LogP contribution in [-0.2, 0) is 6.42 Å². The highest BCUT2D eigenvalue weighted by atomic mass is 35.5. The highest BCUT2D eigenvalue weighted by Gasteiger charge is 2.04. The van der Waals surface area contributed by atoms with Gasteiger partial charge in [0.25, 0.3) is 0 Å². The first-order chi connectivity index (χ1) is 5.74. The lowest BCUT2D eigenvalue weighted by atomic mass is 10.1. The molecule has 0 aliphatic carbocycles. The maximum Gasteiger partial charge on any atom is 0.0715 e. The molecule has 0 saturated heterocycles. The van der Waals surface area contributed by atoms with Gasteiger partial charge in [-0.1, -0.05) is 36.4 Å². The Morgan fingerprint density at radius 2 is 2.08 bits per heavy atom. The van der Waals surface area contributed by atoms with Gasteiger partial charge in [0.2, 0.25) is 0 Å². The fourth-order valence-electron chi connectivity index (χ4n) is 1.08. The van der Waals surface area contributed by atoms with Crippen molar-refractivity contribution in [3.05, 3.63) is 29.8 Å². The van der Waals surface area contributed by atoms with E-state index in [0.29, 0.717) is 0 Å². The van der Waals surface area contributed by atoms with Crippen molar-refractivity contribution in [1.29, 1.82) is 0 Å². The molecule has 0 spiro atoms. The zero-order valence-electron chi connectivity index (χ0n) is 7.18. The molecule has 0 bridgehead atoms.